The molecule has 0 fully saturated rings. The summed E-state index contributed by atoms with van der Waals surface area (Å²) in [6, 6.07) is 22.2. The number of methoxy groups -OCH3 is 1. The van der Waals surface area contributed by atoms with Crippen LogP contribution >= 0.6 is 11.6 Å². The van der Waals surface area contributed by atoms with E-state index in [4.69, 9.17) is 21.1 Å². The molecule has 0 aliphatic heterocycles. The number of ether oxygens (including phenoxy) is 2. The van der Waals surface area contributed by atoms with Crippen LogP contribution in [0.25, 0.3) is 11.8 Å². The van der Waals surface area contributed by atoms with Crippen molar-refractivity contribution in [2.45, 2.75) is 12.5 Å². The molecule has 12 heteroatoms. The smallest absolute Gasteiger partial charge is 0.411 e. The molecule has 1 aromatic heterocycles. The molecule has 0 bridgehead atoms. The van der Waals surface area contributed by atoms with E-state index in [1.807, 2.05) is 42.5 Å². The van der Waals surface area contributed by atoms with Gasteiger partial charge in [-0.1, -0.05) is 41.9 Å². The molecule has 0 saturated heterocycles. The van der Waals surface area contributed by atoms with E-state index in [0.717, 1.165) is 11.3 Å². The highest BCUT2D eigenvalue weighted by Gasteiger charge is 2.13. The molecule has 0 aliphatic carbocycles. The Morgan fingerprint density at radius 1 is 1.02 bits per heavy atom. The zero-order chi connectivity index (χ0) is 28.9. The summed E-state index contributed by atoms with van der Waals surface area (Å²) in [5.41, 5.74) is 3.89. The summed E-state index contributed by atoms with van der Waals surface area (Å²) in [7, 11) is 1.54. The van der Waals surface area contributed by atoms with Crippen LogP contribution in [0.4, 0.5) is 16.2 Å². The highest BCUT2D eigenvalue weighted by Crippen LogP contribution is 2.20. The number of anilines is 2. The number of tetrazole rings is 1. The first-order valence-corrected chi connectivity index (χ1v) is 13.2. The van der Waals surface area contributed by atoms with E-state index in [0.29, 0.717) is 41.5 Å². The van der Waals surface area contributed by atoms with Crippen LogP contribution in [0.1, 0.15) is 11.1 Å². The summed E-state index contributed by atoms with van der Waals surface area (Å²) < 4.78 is 11.4. The Balaban J connectivity index is 1.39. The molecule has 4 aromatic rings. The summed E-state index contributed by atoms with van der Waals surface area (Å²) in [5.74, 6) is -0.262. The first kappa shape index (κ1) is 29.2. The van der Waals surface area contributed by atoms with Gasteiger partial charge in [-0.25, -0.2) is 4.79 Å². The summed E-state index contributed by atoms with van der Waals surface area (Å²) in [5, 5.41) is 20.9. The highest BCUT2D eigenvalue weighted by molar-refractivity contribution is 6.30. The Bertz CT molecular complexity index is 1430. The Labute approximate surface area is 242 Å². The van der Waals surface area contributed by atoms with Crippen molar-refractivity contribution < 1.29 is 19.1 Å². The van der Waals surface area contributed by atoms with E-state index in [-0.39, 0.29) is 18.6 Å². The number of benzene rings is 3. The van der Waals surface area contributed by atoms with Crippen molar-refractivity contribution >= 4 is 41.1 Å². The third kappa shape index (κ3) is 9.45. The molecule has 0 saturated carbocycles. The normalized spacial score (nSPS) is 11.7. The van der Waals surface area contributed by atoms with E-state index in [2.05, 4.69) is 31.5 Å². The van der Waals surface area contributed by atoms with Crippen molar-refractivity contribution in [1.29, 1.82) is 0 Å². The molecule has 4 rings (SSSR count). The average molecular weight is 576 g/mol. The van der Waals surface area contributed by atoms with Gasteiger partial charge in [0, 0.05) is 41.7 Å². The third-order valence-corrected chi connectivity index (χ3v) is 6.11. The fourth-order valence-electron chi connectivity index (χ4n) is 3.91. The van der Waals surface area contributed by atoms with Gasteiger partial charge in [0.25, 0.3) is 0 Å². The third-order valence-electron chi connectivity index (χ3n) is 5.88. The summed E-state index contributed by atoms with van der Waals surface area (Å²) in [4.78, 5) is 24.8. The largest absolute Gasteiger partial charge is 0.447 e. The molecule has 212 valence electrons. The lowest BCUT2D eigenvalue weighted by molar-refractivity contribution is -0.117. The number of carbonyl (C=O) groups is 2. The van der Waals surface area contributed by atoms with E-state index in [1.165, 1.54) is 24.2 Å². The molecule has 0 radical (unpaired) electrons. The van der Waals surface area contributed by atoms with Crippen molar-refractivity contribution in [3.63, 3.8) is 0 Å². The molecule has 41 heavy (non-hydrogen) atoms. The Morgan fingerprint density at radius 2 is 1.80 bits per heavy atom. The van der Waals surface area contributed by atoms with Crippen LogP contribution in [0.5, 0.6) is 0 Å². The molecule has 1 unspecified atom stereocenters. The number of rotatable bonds is 13. The van der Waals surface area contributed by atoms with Crippen molar-refractivity contribution in [1.82, 2.24) is 25.5 Å². The van der Waals surface area contributed by atoms with Gasteiger partial charge in [-0.05, 0) is 71.0 Å². The minimum atomic E-state index is -0.552. The number of nitrogens with zero attached hydrogens (tertiary/aromatic N) is 4. The Morgan fingerprint density at radius 3 is 2.54 bits per heavy atom. The molecular weight excluding hydrogens is 546 g/mol. The predicted octanol–water partition coefficient (Wildman–Crippen LogP) is 4.36. The van der Waals surface area contributed by atoms with Crippen LogP contribution in [0, 0.1) is 0 Å². The van der Waals surface area contributed by atoms with Crippen LogP contribution in [0.15, 0.2) is 85.2 Å². The average Bonchev–Trinajstić information content (AvgIpc) is 3.51. The Kier molecular flexibility index (Phi) is 10.8. The fourth-order valence-corrected chi connectivity index (χ4v) is 4.09. The minimum absolute atomic E-state index is 0.172. The first-order chi connectivity index (χ1) is 20.0. The molecular formula is C29H30ClN7O4. The van der Waals surface area contributed by atoms with Crippen LogP contribution in [0.3, 0.4) is 0 Å². The fraction of sp³-hybridized carbons (Fsp3) is 0.207. The molecule has 11 nitrogen and oxygen atoms in total. The zero-order valence-corrected chi connectivity index (χ0v) is 23.1. The maximum Gasteiger partial charge on any atom is 0.411 e. The number of halogens is 1. The predicted molar refractivity (Wildman–Crippen MR) is 157 cm³/mol. The molecule has 3 aromatic carbocycles. The van der Waals surface area contributed by atoms with Crippen molar-refractivity contribution in [2.75, 3.05) is 37.5 Å². The van der Waals surface area contributed by atoms with Gasteiger partial charge in [0.05, 0.1) is 18.3 Å². The van der Waals surface area contributed by atoms with Crippen molar-refractivity contribution in [3.05, 3.63) is 101 Å². The van der Waals surface area contributed by atoms with E-state index in [1.54, 1.807) is 36.4 Å². The van der Waals surface area contributed by atoms with Gasteiger partial charge >= 0.3 is 6.09 Å². The lowest BCUT2D eigenvalue weighted by Crippen LogP contribution is -2.40. The van der Waals surface area contributed by atoms with Gasteiger partial charge in [0.1, 0.15) is 12.9 Å². The molecule has 0 aliphatic rings. The number of carbonyl (C=O) groups excluding carboxylic acids is 2. The summed E-state index contributed by atoms with van der Waals surface area (Å²) in [6.45, 7) is 0.966. The number of nitrogens with one attached hydrogen (secondary N) is 3. The molecule has 1 heterocycles. The SMILES string of the molecule is COCCOC(=O)Nc1ccc(NCC(Cc2ccccc2)NC(=O)C=Cc2cc(Cl)ccc2-n2cnnn2)cc1. The van der Waals surface area contributed by atoms with E-state index < -0.39 is 6.09 Å². The minimum Gasteiger partial charge on any atom is -0.447 e. The zero-order valence-electron chi connectivity index (χ0n) is 22.4. The second-order valence-electron chi connectivity index (χ2n) is 8.90. The lowest BCUT2D eigenvalue weighted by atomic mass is 10.1. The second kappa shape index (κ2) is 15.2. The van der Waals surface area contributed by atoms with E-state index >= 15 is 0 Å². The topological polar surface area (TPSA) is 132 Å². The van der Waals surface area contributed by atoms with Gasteiger partial charge < -0.3 is 20.1 Å². The maximum absolute atomic E-state index is 13.0. The van der Waals surface area contributed by atoms with Gasteiger partial charge in [-0.3, -0.25) is 10.1 Å². The summed E-state index contributed by atoms with van der Waals surface area (Å²) >= 11 is 6.19. The lowest BCUT2D eigenvalue weighted by Gasteiger charge is -2.20. The van der Waals surface area contributed by atoms with Crippen LogP contribution in [-0.4, -0.2) is 65.1 Å². The molecule has 3 N–H and O–H groups in total. The second-order valence-corrected chi connectivity index (χ2v) is 9.33. The number of aromatic nitrogens is 4. The summed E-state index contributed by atoms with van der Waals surface area (Å²) in [6.07, 6.45) is 4.68. The number of hydrogen-bond donors (Lipinski definition) is 3. The molecule has 0 spiro atoms. The standard InChI is InChI=1S/C29H30ClN7O4/c1-40-15-16-41-29(39)34-25-11-9-24(10-12-25)31-19-26(17-21-5-3-2-4-6-21)33-28(38)14-7-22-18-23(30)8-13-27(22)37-20-32-35-36-37/h2-14,18,20,26,31H,15-17,19H2,1H3,(H,33,38)(H,34,39). The number of amides is 2. The molecule has 2 amide bonds. The van der Waals surface area contributed by atoms with Gasteiger partial charge in [-0.15, -0.1) is 5.10 Å². The Hall–Kier alpha value is -4.74. The maximum atomic E-state index is 13.0. The van der Waals surface area contributed by atoms with Gasteiger partial charge in [-0.2, -0.15) is 4.68 Å². The van der Waals surface area contributed by atoms with Crippen LogP contribution in [-0.2, 0) is 20.7 Å². The van der Waals surface area contributed by atoms with E-state index in [9.17, 15) is 9.59 Å². The first-order valence-electron chi connectivity index (χ1n) is 12.8. The monoisotopic (exact) mass is 575 g/mol. The van der Waals surface area contributed by atoms with Crippen LogP contribution in [0.2, 0.25) is 5.02 Å². The molecule has 1 atom stereocenters. The van der Waals surface area contributed by atoms with Crippen molar-refractivity contribution in [2.24, 2.45) is 0 Å². The highest BCUT2D eigenvalue weighted by atomic mass is 35.5. The van der Waals surface area contributed by atoms with Gasteiger partial charge in [0.15, 0.2) is 0 Å². The number of hydrogen-bond acceptors (Lipinski definition) is 8. The van der Waals surface area contributed by atoms with Gasteiger partial charge in [0.2, 0.25) is 5.91 Å². The van der Waals surface area contributed by atoms with Crippen LogP contribution < -0.4 is 16.0 Å². The van der Waals surface area contributed by atoms with Crippen molar-refractivity contribution in [3.8, 4) is 5.69 Å². The quantitative estimate of drug-likeness (QED) is 0.158.